The molecule has 0 unspecified atom stereocenters. The number of anilines is 2. The van der Waals surface area contributed by atoms with E-state index >= 15 is 0 Å². The van der Waals surface area contributed by atoms with Crippen molar-refractivity contribution in [1.29, 1.82) is 0 Å². The van der Waals surface area contributed by atoms with Crippen molar-refractivity contribution in [2.75, 3.05) is 36.0 Å². The first-order valence-electron chi connectivity index (χ1n) is 12.8. The molecule has 0 aliphatic carbocycles. The standard InChI is InChI=1S/C31H26FN3O3S/c32-26-12-6-4-8-23(26)21-35-27-20-22(14-15-29(27)39(38)28-13-7-5-11-25(28)31(35)37)30(36)34-18-16-33(17-19-34)24-9-2-1-3-10-24/h1-15,20H,16-19,21H2/t39-/m1/s1. The summed E-state index contributed by atoms with van der Waals surface area (Å²) in [6.45, 7) is 2.47. The Morgan fingerprint density at radius 3 is 2.26 bits per heavy atom. The van der Waals surface area contributed by atoms with Crippen LogP contribution in [-0.2, 0) is 17.3 Å². The maximum Gasteiger partial charge on any atom is 0.259 e. The molecule has 0 aromatic heterocycles. The van der Waals surface area contributed by atoms with Gasteiger partial charge in [0, 0.05) is 43.0 Å². The summed E-state index contributed by atoms with van der Waals surface area (Å²) in [5.41, 5.74) is 2.51. The van der Waals surface area contributed by atoms with Gasteiger partial charge in [0.15, 0.2) is 0 Å². The number of hydrogen-bond acceptors (Lipinski definition) is 4. The molecule has 8 heteroatoms. The van der Waals surface area contributed by atoms with Crippen LogP contribution >= 0.6 is 0 Å². The molecule has 0 saturated carbocycles. The molecule has 0 N–H and O–H groups in total. The maximum absolute atomic E-state index is 14.7. The normalized spacial score (nSPS) is 16.9. The fourth-order valence-electron chi connectivity index (χ4n) is 5.14. The number of para-hydroxylation sites is 1. The van der Waals surface area contributed by atoms with Gasteiger partial charge < -0.3 is 14.7 Å². The second kappa shape index (κ2) is 10.5. The zero-order chi connectivity index (χ0) is 26.9. The van der Waals surface area contributed by atoms with Crippen molar-refractivity contribution in [3.63, 3.8) is 0 Å². The Balaban J connectivity index is 1.34. The molecule has 6 nitrogen and oxygen atoms in total. The minimum absolute atomic E-state index is 0.0581. The van der Waals surface area contributed by atoms with E-state index in [0.29, 0.717) is 58.3 Å². The molecule has 2 amide bonds. The predicted molar refractivity (Wildman–Crippen MR) is 149 cm³/mol. The summed E-state index contributed by atoms with van der Waals surface area (Å²) in [5, 5.41) is 0. The monoisotopic (exact) mass is 539 g/mol. The highest BCUT2D eigenvalue weighted by atomic mass is 32.2. The Bertz CT molecular complexity index is 1590. The highest BCUT2D eigenvalue weighted by molar-refractivity contribution is 7.85. The van der Waals surface area contributed by atoms with Gasteiger partial charge >= 0.3 is 0 Å². The van der Waals surface area contributed by atoms with Crippen molar-refractivity contribution >= 4 is 34.0 Å². The lowest BCUT2D eigenvalue weighted by atomic mass is 10.1. The number of nitrogens with zero attached hydrogens (tertiary/aromatic N) is 3. The SMILES string of the molecule is O=C(c1ccc2c(c1)N(Cc1ccccc1F)C(=O)c1ccccc1[S@]2=O)N1CCN(c2ccccc2)CC1. The first kappa shape index (κ1) is 25.0. The van der Waals surface area contributed by atoms with Crippen molar-refractivity contribution in [1.82, 2.24) is 4.90 Å². The summed E-state index contributed by atoms with van der Waals surface area (Å²) < 4.78 is 28.3. The molecule has 4 aromatic carbocycles. The topological polar surface area (TPSA) is 60.9 Å². The van der Waals surface area contributed by atoms with Crippen LogP contribution in [0.15, 0.2) is 107 Å². The summed E-state index contributed by atoms with van der Waals surface area (Å²) in [4.78, 5) is 33.7. The molecular weight excluding hydrogens is 513 g/mol. The van der Waals surface area contributed by atoms with Crippen LogP contribution in [-0.4, -0.2) is 47.1 Å². The molecule has 39 heavy (non-hydrogen) atoms. The van der Waals surface area contributed by atoms with Crippen LogP contribution in [0.25, 0.3) is 0 Å². The molecule has 6 rings (SSSR count). The lowest BCUT2D eigenvalue weighted by Gasteiger charge is -2.36. The second-order valence-corrected chi connectivity index (χ2v) is 11.0. The Hall–Kier alpha value is -4.30. The molecule has 1 fully saturated rings. The van der Waals surface area contributed by atoms with Gasteiger partial charge in [-0.1, -0.05) is 48.5 Å². The molecular formula is C31H26FN3O3S. The number of benzene rings is 4. The average Bonchev–Trinajstić information content (AvgIpc) is 3.07. The predicted octanol–water partition coefficient (Wildman–Crippen LogP) is 5.12. The summed E-state index contributed by atoms with van der Waals surface area (Å²) in [6.07, 6.45) is 0. The van der Waals surface area contributed by atoms with Crippen LogP contribution < -0.4 is 9.80 Å². The Morgan fingerprint density at radius 1 is 0.795 bits per heavy atom. The van der Waals surface area contributed by atoms with E-state index in [0.717, 1.165) is 5.69 Å². The Kier molecular flexibility index (Phi) is 6.70. The van der Waals surface area contributed by atoms with Gasteiger partial charge in [-0.15, -0.1) is 0 Å². The van der Waals surface area contributed by atoms with E-state index in [1.54, 1.807) is 65.6 Å². The zero-order valence-electron chi connectivity index (χ0n) is 21.1. The van der Waals surface area contributed by atoms with E-state index in [-0.39, 0.29) is 18.4 Å². The average molecular weight is 540 g/mol. The van der Waals surface area contributed by atoms with Gasteiger partial charge in [-0.05, 0) is 48.5 Å². The van der Waals surface area contributed by atoms with E-state index in [4.69, 9.17) is 0 Å². The summed E-state index contributed by atoms with van der Waals surface area (Å²) in [7, 11) is -1.65. The van der Waals surface area contributed by atoms with Crippen molar-refractivity contribution in [2.45, 2.75) is 16.3 Å². The van der Waals surface area contributed by atoms with Gasteiger partial charge in [-0.3, -0.25) is 9.59 Å². The van der Waals surface area contributed by atoms with Crippen LogP contribution in [0.2, 0.25) is 0 Å². The van der Waals surface area contributed by atoms with Crippen molar-refractivity contribution in [3.8, 4) is 0 Å². The number of halogens is 1. The van der Waals surface area contributed by atoms with E-state index in [1.807, 2.05) is 18.2 Å². The zero-order valence-corrected chi connectivity index (χ0v) is 21.9. The third-order valence-electron chi connectivity index (χ3n) is 7.23. The smallest absolute Gasteiger partial charge is 0.259 e. The molecule has 2 aliphatic rings. The fourth-order valence-corrected chi connectivity index (χ4v) is 6.48. The minimum Gasteiger partial charge on any atom is -0.368 e. The number of piperazine rings is 1. The van der Waals surface area contributed by atoms with Gasteiger partial charge in [0.25, 0.3) is 11.8 Å². The van der Waals surface area contributed by atoms with E-state index in [1.165, 1.54) is 11.0 Å². The largest absolute Gasteiger partial charge is 0.368 e. The Labute approximate surface area is 228 Å². The first-order valence-corrected chi connectivity index (χ1v) is 14.0. The Morgan fingerprint density at radius 2 is 1.49 bits per heavy atom. The van der Waals surface area contributed by atoms with Crippen molar-refractivity contribution in [3.05, 3.63) is 120 Å². The molecule has 0 bridgehead atoms. The van der Waals surface area contributed by atoms with E-state index in [2.05, 4.69) is 17.0 Å². The van der Waals surface area contributed by atoms with Gasteiger partial charge in [0.05, 0.1) is 38.4 Å². The number of hydrogen-bond donors (Lipinski definition) is 0. The molecule has 1 atom stereocenters. The number of amides is 2. The molecule has 0 radical (unpaired) electrons. The third kappa shape index (κ3) is 4.72. The van der Waals surface area contributed by atoms with Crippen LogP contribution in [0.3, 0.4) is 0 Å². The highest BCUT2D eigenvalue weighted by Gasteiger charge is 2.32. The van der Waals surface area contributed by atoms with E-state index < -0.39 is 16.6 Å². The lowest BCUT2D eigenvalue weighted by Crippen LogP contribution is -2.48. The van der Waals surface area contributed by atoms with Crippen molar-refractivity contribution in [2.24, 2.45) is 0 Å². The number of fused-ring (bicyclic) bond motifs is 2. The second-order valence-electron chi connectivity index (χ2n) is 9.54. The molecule has 0 spiro atoms. The quantitative estimate of drug-likeness (QED) is 0.362. The van der Waals surface area contributed by atoms with Gasteiger partial charge in [-0.2, -0.15) is 0 Å². The van der Waals surface area contributed by atoms with Crippen LogP contribution in [0.4, 0.5) is 15.8 Å². The highest BCUT2D eigenvalue weighted by Crippen LogP contribution is 2.36. The molecule has 4 aromatic rings. The lowest BCUT2D eigenvalue weighted by molar-refractivity contribution is 0.0746. The third-order valence-corrected chi connectivity index (χ3v) is 8.73. The number of rotatable bonds is 4. The fraction of sp³-hybridized carbons (Fsp3) is 0.161. The number of carbonyl (C=O) groups is 2. The maximum atomic E-state index is 14.7. The summed E-state index contributed by atoms with van der Waals surface area (Å²) >= 11 is 0. The van der Waals surface area contributed by atoms with Gasteiger partial charge in [-0.25, -0.2) is 8.60 Å². The summed E-state index contributed by atoms with van der Waals surface area (Å²) in [5.74, 6) is -0.979. The number of carbonyl (C=O) groups excluding carboxylic acids is 2. The first-order chi connectivity index (χ1) is 19.0. The minimum atomic E-state index is -1.65. The van der Waals surface area contributed by atoms with Crippen LogP contribution in [0.1, 0.15) is 26.3 Å². The molecule has 2 heterocycles. The van der Waals surface area contributed by atoms with E-state index in [9.17, 15) is 18.2 Å². The molecule has 196 valence electrons. The van der Waals surface area contributed by atoms with Gasteiger partial charge in [0.2, 0.25) is 0 Å². The van der Waals surface area contributed by atoms with Crippen LogP contribution in [0.5, 0.6) is 0 Å². The van der Waals surface area contributed by atoms with Gasteiger partial charge in [0.1, 0.15) is 5.82 Å². The molecule has 2 aliphatic heterocycles. The molecule has 1 saturated heterocycles. The van der Waals surface area contributed by atoms with Crippen molar-refractivity contribution < 1.29 is 18.2 Å². The van der Waals surface area contributed by atoms with Crippen LogP contribution in [0, 0.1) is 5.82 Å². The summed E-state index contributed by atoms with van der Waals surface area (Å²) in [6, 6.07) is 28.1.